The first-order chi connectivity index (χ1) is 16.0. The third-order valence-corrected chi connectivity index (χ3v) is 5.66. The van der Waals surface area contributed by atoms with Crippen LogP contribution in [-0.2, 0) is 12.8 Å². The number of aromatic nitrogens is 7. The molecule has 0 spiro atoms. The molecule has 1 aromatic carbocycles. The number of rotatable bonds is 5. The van der Waals surface area contributed by atoms with Crippen molar-refractivity contribution in [1.29, 1.82) is 0 Å². The summed E-state index contributed by atoms with van der Waals surface area (Å²) >= 11 is 0. The summed E-state index contributed by atoms with van der Waals surface area (Å²) in [5.74, 6) is -0.524. The van der Waals surface area contributed by atoms with Crippen LogP contribution in [0.4, 0.5) is 8.78 Å². The first-order valence-corrected chi connectivity index (χ1v) is 10.7. The highest BCUT2D eigenvalue weighted by molar-refractivity contribution is 5.61. The lowest BCUT2D eigenvalue weighted by Gasteiger charge is -2.23. The molecule has 33 heavy (non-hydrogen) atoms. The molecule has 0 bridgehead atoms. The van der Waals surface area contributed by atoms with E-state index in [1.54, 1.807) is 25.4 Å². The fraction of sp³-hybridized carbons (Fsp3) is 0.304. The zero-order valence-electron chi connectivity index (χ0n) is 17.8. The number of hydrogen-bond acceptors (Lipinski definition) is 7. The molecule has 0 saturated carbocycles. The summed E-state index contributed by atoms with van der Waals surface area (Å²) in [5, 5.41) is 25.0. The topological polar surface area (TPSA) is 113 Å². The molecular weight excluding hydrogens is 428 g/mol. The number of nitrogens with zero attached hydrogens (tertiary/aromatic N) is 6. The van der Waals surface area contributed by atoms with Crippen LogP contribution in [0.3, 0.4) is 0 Å². The summed E-state index contributed by atoms with van der Waals surface area (Å²) in [6.07, 6.45) is 5.47. The predicted octanol–water partition coefficient (Wildman–Crippen LogP) is 3.39. The van der Waals surface area contributed by atoms with Crippen LogP contribution in [0.2, 0.25) is 0 Å². The number of hydrogen-bond donors (Lipinski definition) is 2. The Morgan fingerprint density at radius 2 is 1.94 bits per heavy atom. The quantitative estimate of drug-likeness (QED) is 0.480. The molecule has 0 fully saturated rings. The first kappa shape index (κ1) is 21.2. The zero-order valence-corrected chi connectivity index (χ0v) is 17.8. The summed E-state index contributed by atoms with van der Waals surface area (Å²) in [7, 11) is 0. The number of aryl methyl sites for hydroxylation is 1. The summed E-state index contributed by atoms with van der Waals surface area (Å²) in [6.45, 7) is 1.67. The van der Waals surface area contributed by atoms with E-state index >= 15 is 0 Å². The Morgan fingerprint density at radius 1 is 1.12 bits per heavy atom. The average Bonchev–Trinajstić information content (AvgIpc) is 3.26. The van der Waals surface area contributed by atoms with Crippen LogP contribution in [0.5, 0.6) is 0 Å². The van der Waals surface area contributed by atoms with Gasteiger partial charge in [-0.25, -0.2) is 18.7 Å². The van der Waals surface area contributed by atoms with Gasteiger partial charge in [0.2, 0.25) is 0 Å². The monoisotopic (exact) mass is 449 g/mol. The van der Waals surface area contributed by atoms with Crippen LogP contribution < -0.4 is 0 Å². The fourth-order valence-corrected chi connectivity index (χ4v) is 4.15. The molecule has 0 radical (unpaired) electrons. The number of aliphatic hydroxyl groups is 1. The third-order valence-electron chi connectivity index (χ3n) is 5.66. The number of H-pyrrole nitrogens is 1. The van der Waals surface area contributed by atoms with Crippen molar-refractivity contribution in [2.45, 2.75) is 44.6 Å². The molecule has 1 unspecified atom stereocenters. The van der Waals surface area contributed by atoms with Gasteiger partial charge in [-0.2, -0.15) is 15.3 Å². The Labute approximate surface area is 188 Å². The maximum Gasteiger partial charge on any atom is 0.176 e. The van der Waals surface area contributed by atoms with Crippen molar-refractivity contribution >= 4 is 0 Å². The van der Waals surface area contributed by atoms with Gasteiger partial charge in [-0.15, -0.1) is 0 Å². The molecular formula is C23H21F2N7O. The molecule has 2 atom stereocenters. The van der Waals surface area contributed by atoms with E-state index in [1.807, 2.05) is 0 Å². The Bertz CT molecular complexity index is 1290. The van der Waals surface area contributed by atoms with Crippen molar-refractivity contribution in [1.82, 2.24) is 35.3 Å². The molecule has 4 aromatic rings. The molecule has 0 saturated heterocycles. The first-order valence-electron chi connectivity index (χ1n) is 10.7. The van der Waals surface area contributed by atoms with Crippen molar-refractivity contribution in [3.05, 3.63) is 71.1 Å². The van der Waals surface area contributed by atoms with E-state index in [-0.39, 0.29) is 17.2 Å². The second-order valence-electron chi connectivity index (χ2n) is 8.16. The van der Waals surface area contributed by atoms with Crippen LogP contribution in [0.1, 0.15) is 48.5 Å². The van der Waals surface area contributed by atoms with Crippen LogP contribution in [-0.4, -0.2) is 46.6 Å². The van der Waals surface area contributed by atoms with Gasteiger partial charge in [0.05, 0.1) is 34.9 Å². The predicted molar refractivity (Wildman–Crippen MR) is 115 cm³/mol. The second-order valence-corrected chi connectivity index (χ2v) is 8.16. The van der Waals surface area contributed by atoms with E-state index in [0.29, 0.717) is 29.5 Å². The van der Waals surface area contributed by atoms with E-state index in [9.17, 15) is 13.9 Å². The summed E-state index contributed by atoms with van der Waals surface area (Å²) in [5.41, 5.74) is 2.88. The van der Waals surface area contributed by atoms with Crippen LogP contribution in [0.15, 0.2) is 36.7 Å². The number of fused-ring (bicyclic) bond motifs is 1. The maximum absolute atomic E-state index is 14.2. The molecule has 0 amide bonds. The lowest BCUT2D eigenvalue weighted by Crippen LogP contribution is -2.16. The molecule has 0 aliphatic heterocycles. The molecule has 1 aliphatic rings. The Morgan fingerprint density at radius 3 is 2.73 bits per heavy atom. The molecule has 5 rings (SSSR count). The average molecular weight is 449 g/mol. The van der Waals surface area contributed by atoms with Gasteiger partial charge in [0, 0.05) is 18.5 Å². The van der Waals surface area contributed by atoms with Crippen molar-refractivity contribution in [3.8, 4) is 22.8 Å². The molecule has 3 aromatic heterocycles. The minimum absolute atomic E-state index is 0.145. The largest absolute Gasteiger partial charge is 0.393 e. The van der Waals surface area contributed by atoms with Gasteiger partial charge in [-0.05, 0) is 49.9 Å². The van der Waals surface area contributed by atoms with Gasteiger partial charge in [0.25, 0.3) is 0 Å². The van der Waals surface area contributed by atoms with Gasteiger partial charge in [0.15, 0.2) is 11.6 Å². The van der Waals surface area contributed by atoms with Gasteiger partial charge in [0.1, 0.15) is 17.3 Å². The smallest absolute Gasteiger partial charge is 0.176 e. The number of aromatic amines is 1. The number of benzene rings is 1. The minimum Gasteiger partial charge on any atom is -0.393 e. The molecule has 2 N–H and O–H groups in total. The highest BCUT2D eigenvalue weighted by Gasteiger charge is 2.27. The minimum atomic E-state index is -0.669. The normalized spacial score (nSPS) is 16.4. The molecule has 3 heterocycles. The van der Waals surface area contributed by atoms with E-state index < -0.39 is 17.7 Å². The fourth-order valence-electron chi connectivity index (χ4n) is 4.15. The number of aliphatic hydroxyl groups excluding tert-OH is 1. The van der Waals surface area contributed by atoms with Gasteiger partial charge >= 0.3 is 0 Å². The highest BCUT2D eigenvalue weighted by Crippen LogP contribution is 2.36. The van der Waals surface area contributed by atoms with Gasteiger partial charge in [-0.3, -0.25) is 10.1 Å². The van der Waals surface area contributed by atoms with Gasteiger partial charge in [-0.1, -0.05) is 6.07 Å². The van der Waals surface area contributed by atoms with E-state index in [4.69, 9.17) is 4.98 Å². The summed E-state index contributed by atoms with van der Waals surface area (Å²) in [6, 6.07) is 5.45. The summed E-state index contributed by atoms with van der Waals surface area (Å²) < 4.78 is 28.5. The summed E-state index contributed by atoms with van der Waals surface area (Å²) in [4.78, 5) is 13.4. The SMILES string of the molecule is C[C@@H](O)Cc1n[nH]c(-c2cncc(C3CCCc4cc(-c5c(F)cccc5F)nnc43)n2)n1. The zero-order chi connectivity index (χ0) is 22.9. The van der Waals surface area contributed by atoms with Crippen LogP contribution in [0, 0.1) is 11.6 Å². The van der Waals surface area contributed by atoms with Crippen LogP contribution in [0.25, 0.3) is 22.8 Å². The van der Waals surface area contributed by atoms with Crippen molar-refractivity contribution in [3.63, 3.8) is 0 Å². The van der Waals surface area contributed by atoms with Gasteiger partial charge < -0.3 is 5.11 Å². The number of halogens is 2. The van der Waals surface area contributed by atoms with Crippen molar-refractivity contribution in [2.75, 3.05) is 0 Å². The maximum atomic E-state index is 14.2. The molecule has 10 heteroatoms. The lowest BCUT2D eigenvalue weighted by molar-refractivity contribution is 0.193. The third kappa shape index (κ3) is 4.21. The van der Waals surface area contributed by atoms with E-state index in [2.05, 4.69) is 30.4 Å². The molecule has 8 nitrogen and oxygen atoms in total. The Balaban J connectivity index is 1.48. The highest BCUT2D eigenvalue weighted by atomic mass is 19.1. The standard InChI is InChI=1S/C23H21F2N7O/c1-12(33)8-20-28-23(32-30-20)19-11-26-10-18(27-19)14-5-2-4-13-9-17(29-31-22(13)14)21-15(24)6-3-7-16(21)25/h3,6-7,9-12,14,33H,2,4-5,8H2,1H3,(H,28,30,32)/t12-,14?/m1/s1. The number of nitrogens with one attached hydrogen (secondary N) is 1. The van der Waals surface area contributed by atoms with E-state index in [1.165, 1.54) is 18.2 Å². The Kier molecular flexibility index (Phi) is 5.59. The van der Waals surface area contributed by atoms with Crippen LogP contribution >= 0.6 is 0 Å². The van der Waals surface area contributed by atoms with Crippen molar-refractivity contribution < 1.29 is 13.9 Å². The van der Waals surface area contributed by atoms with Crippen molar-refractivity contribution in [2.24, 2.45) is 0 Å². The molecule has 168 valence electrons. The van der Waals surface area contributed by atoms with E-state index in [0.717, 1.165) is 30.5 Å². The Hall–Kier alpha value is -3.66. The lowest BCUT2D eigenvalue weighted by atomic mass is 9.84. The molecule has 1 aliphatic carbocycles. The second kappa shape index (κ2) is 8.70.